The molecule has 0 saturated carbocycles. The highest BCUT2D eigenvalue weighted by Crippen LogP contribution is 2.36. The molecule has 1 saturated heterocycles. The van der Waals surface area contributed by atoms with E-state index in [0.717, 1.165) is 43.1 Å². The van der Waals surface area contributed by atoms with Gasteiger partial charge in [-0.1, -0.05) is 48.0 Å². The Morgan fingerprint density at radius 1 is 0.862 bits per heavy atom. The van der Waals surface area contributed by atoms with E-state index in [4.69, 9.17) is 4.74 Å². The SMILES string of the molecule is COc1cccc(C(c2ccccc2O)N2CCN(c3ccc(C)cc3)CC2)c1. The molecule has 1 unspecified atom stereocenters. The van der Waals surface area contributed by atoms with Gasteiger partial charge in [0, 0.05) is 37.4 Å². The van der Waals surface area contributed by atoms with Gasteiger partial charge in [-0.05, 0) is 42.8 Å². The van der Waals surface area contributed by atoms with Crippen LogP contribution in [0.4, 0.5) is 5.69 Å². The molecule has 3 aromatic rings. The second-order valence-electron chi connectivity index (χ2n) is 7.60. The highest BCUT2D eigenvalue weighted by molar-refractivity contribution is 5.48. The minimum Gasteiger partial charge on any atom is -0.508 e. The molecule has 150 valence electrons. The summed E-state index contributed by atoms with van der Waals surface area (Å²) in [5, 5.41) is 10.6. The molecule has 0 aliphatic carbocycles. The van der Waals surface area contributed by atoms with Gasteiger partial charge in [0.25, 0.3) is 0 Å². The molecular formula is C25H28N2O2. The first-order chi connectivity index (χ1) is 14.2. The Kier molecular flexibility index (Phi) is 5.72. The maximum absolute atomic E-state index is 10.6. The van der Waals surface area contributed by atoms with Gasteiger partial charge in [0.05, 0.1) is 13.2 Å². The van der Waals surface area contributed by atoms with Crippen molar-refractivity contribution < 1.29 is 9.84 Å². The van der Waals surface area contributed by atoms with Crippen LogP contribution in [0.5, 0.6) is 11.5 Å². The van der Waals surface area contributed by atoms with E-state index < -0.39 is 0 Å². The largest absolute Gasteiger partial charge is 0.508 e. The van der Waals surface area contributed by atoms with Gasteiger partial charge in [0.1, 0.15) is 11.5 Å². The van der Waals surface area contributed by atoms with E-state index in [1.165, 1.54) is 11.3 Å². The molecule has 0 amide bonds. The number of phenols is 1. The summed E-state index contributed by atoms with van der Waals surface area (Å²) < 4.78 is 5.45. The number of phenolic OH excluding ortho intramolecular Hbond substituents is 1. The average molecular weight is 389 g/mol. The minimum absolute atomic E-state index is 0.00790. The lowest BCUT2D eigenvalue weighted by Crippen LogP contribution is -2.48. The molecule has 4 heteroatoms. The number of piperazine rings is 1. The Morgan fingerprint density at radius 3 is 2.28 bits per heavy atom. The highest BCUT2D eigenvalue weighted by Gasteiger charge is 2.28. The van der Waals surface area contributed by atoms with Crippen LogP contribution in [-0.4, -0.2) is 43.3 Å². The lowest BCUT2D eigenvalue weighted by atomic mass is 9.95. The summed E-state index contributed by atoms with van der Waals surface area (Å²) in [7, 11) is 1.69. The summed E-state index contributed by atoms with van der Waals surface area (Å²) in [5.41, 5.74) is 4.62. The maximum atomic E-state index is 10.6. The van der Waals surface area contributed by atoms with E-state index in [9.17, 15) is 5.11 Å². The number of benzene rings is 3. The van der Waals surface area contributed by atoms with Crippen LogP contribution in [0.1, 0.15) is 22.7 Å². The van der Waals surface area contributed by atoms with E-state index in [2.05, 4.69) is 53.1 Å². The van der Waals surface area contributed by atoms with Crippen molar-refractivity contribution >= 4 is 5.69 Å². The Balaban J connectivity index is 1.60. The Labute approximate surface area is 173 Å². The summed E-state index contributed by atoms with van der Waals surface area (Å²) in [6.07, 6.45) is 0. The summed E-state index contributed by atoms with van der Waals surface area (Å²) in [4.78, 5) is 4.89. The van der Waals surface area contributed by atoms with Crippen LogP contribution >= 0.6 is 0 Å². The van der Waals surface area contributed by atoms with Crippen LogP contribution in [0.25, 0.3) is 0 Å². The van der Waals surface area contributed by atoms with Gasteiger partial charge in [-0.25, -0.2) is 0 Å². The molecule has 1 fully saturated rings. The number of methoxy groups -OCH3 is 1. The quantitative estimate of drug-likeness (QED) is 0.692. The van der Waals surface area contributed by atoms with Crippen LogP contribution in [0, 0.1) is 6.92 Å². The zero-order valence-corrected chi connectivity index (χ0v) is 17.1. The van der Waals surface area contributed by atoms with Crippen LogP contribution in [-0.2, 0) is 0 Å². The fourth-order valence-electron chi connectivity index (χ4n) is 4.11. The van der Waals surface area contributed by atoms with Gasteiger partial charge >= 0.3 is 0 Å². The molecule has 4 rings (SSSR count). The van der Waals surface area contributed by atoms with Crippen LogP contribution in [0.2, 0.25) is 0 Å². The van der Waals surface area contributed by atoms with Crippen LogP contribution in [0.15, 0.2) is 72.8 Å². The number of aromatic hydroxyl groups is 1. The molecule has 1 atom stereocenters. The van der Waals surface area contributed by atoms with Crippen molar-refractivity contribution in [3.05, 3.63) is 89.5 Å². The van der Waals surface area contributed by atoms with Crippen LogP contribution < -0.4 is 9.64 Å². The summed E-state index contributed by atoms with van der Waals surface area (Å²) in [5.74, 6) is 1.17. The second-order valence-corrected chi connectivity index (χ2v) is 7.60. The number of rotatable bonds is 5. The number of hydrogen-bond acceptors (Lipinski definition) is 4. The molecule has 3 aromatic carbocycles. The fourth-order valence-corrected chi connectivity index (χ4v) is 4.11. The van der Waals surface area contributed by atoms with Crippen molar-refractivity contribution in [1.82, 2.24) is 4.90 Å². The van der Waals surface area contributed by atoms with Crippen molar-refractivity contribution in [3.8, 4) is 11.5 Å². The van der Waals surface area contributed by atoms with E-state index in [1.807, 2.05) is 30.3 Å². The lowest BCUT2D eigenvalue weighted by Gasteiger charge is -2.40. The standard InChI is InChI=1S/C25H28N2O2/c1-19-10-12-21(13-11-19)26-14-16-27(17-15-26)25(23-8-3-4-9-24(23)28)20-6-5-7-22(18-20)29-2/h3-13,18,25,28H,14-17H2,1-2H3. The molecule has 4 nitrogen and oxygen atoms in total. The molecule has 0 radical (unpaired) electrons. The molecule has 1 aliphatic rings. The van der Waals surface area contributed by atoms with E-state index in [0.29, 0.717) is 5.75 Å². The van der Waals surface area contributed by atoms with Gasteiger partial charge < -0.3 is 14.7 Å². The van der Waals surface area contributed by atoms with E-state index in [1.54, 1.807) is 13.2 Å². The Morgan fingerprint density at radius 2 is 1.59 bits per heavy atom. The predicted molar refractivity (Wildman–Crippen MR) is 118 cm³/mol. The normalized spacial score (nSPS) is 15.9. The van der Waals surface area contributed by atoms with Gasteiger partial charge in [0.2, 0.25) is 0 Å². The van der Waals surface area contributed by atoms with Gasteiger partial charge in [-0.2, -0.15) is 0 Å². The zero-order chi connectivity index (χ0) is 20.2. The number of anilines is 1. The third-order valence-electron chi connectivity index (χ3n) is 5.72. The topological polar surface area (TPSA) is 35.9 Å². The van der Waals surface area contributed by atoms with Crippen molar-refractivity contribution in [2.75, 3.05) is 38.2 Å². The van der Waals surface area contributed by atoms with Crippen molar-refractivity contribution in [1.29, 1.82) is 0 Å². The van der Waals surface area contributed by atoms with Gasteiger partial charge in [0.15, 0.2) is 0 Å². The molecule has 29 heavy (non-hydrogen) atoms. The Hall–Kier alpha value is -2.98. The first kappa shape index (κ1) is 19.3. The lowest BCUT2D eigenvalue weighted by molar-refractivity contribution is 0.209. The smallest absolute Gasteiger partial charge is 0.120 e. The molecular weight excluding hydrogens is 360 g/mol. The van der Waals surface area contributed by atoms with E-state index in [-0.39, 0.29) is 6.04 Å². The Bertz CT molecular complexity index is 947. The number of para-hydroxylation sites is 1. The first-order valence-corrected chi connectivity index (χ1v) is 10.1. The molecule has 0 aromatic heterocycles. The molecule has 1 aliphatic heterocycles. The first-order valence-electron chi connectivity index (χ1n) is 10.1. The monoisotopic (exact) mass is 388 g/mol. The van der Waals surface area contributed by atoms with Crippen LogP contribution in [0.3, 0.4) is 0 Å². The summed E-state index contributed by atoms with van der Waals surface area (Å²) in [6.45, 7) is 5.87. The fraction of sp³-hybridized carbons (Fsp3) is 0.280. The molecule has 1 heterocycles. The zero-order valence-electron chi connectivity index (χ0n) is 17.1. The third-order valence-corrected chi connectivity index (χ3v) is 5.72. The maximum Gasteiger partial charge on any atom is 0.120 e. The number of ether oxygens (including phenoxy) is 1. The van der Waals surface area contributed by atoms with Crippen molar-refractivity contribution in [2.24, 2.45) is 0 Å². The third kappa shape index (κ3) is 4.22. The van der Waals surface area contributed by atoms with Gasteiger partial charge in [-0.15, -0.1) is 0 Å². The summed E-state index contributed by atoms with van der Waals surface area (Å²) >= 11 is 0. The second kappa shape index (κ2) is 8.58. The van der Waals surface area contributed by atoms with E-state index >= 15 is 0 Å². The molecule has 1 N–H and O–H groups in total. The van der Waals surface area contributed by atoms with Crippen molar-refractivity contribution in [3.63, 3.8) is 0 Å². The molecule has 0 spiro atoms. The van der Waals surface area contributed by atoms with Crippen molar-refractivity contribution in [2.45, 2.75) is 13.0 Å². The number of aryl methyl sites for hydroxylation is 1. The average Bonchev–Trinajstić information content (AvgIpc) is 2.76. The predicted octanol–water partition coefficient (Wildman–Crippen LogP) is 4.62. The minimum atomic E-state index is -0.00790. The number of hydrogen-bond donors (Lipinski definition) is 1. The van der Waals surface area contributed by atoms with Gasteiger partial charge in [-0.3, -0.25) is 4.90 Å². The number of nitrogens with zero attached hydrogens (tertiary/aromatic N) is 2. The molecule has 0 bridgehead atoms. The summed E-state index contributed by atoms with van der Waals surface area (Å²) in [6, 6.07) is 24.6. The highest BCUT2D eigenvalue weighted by atomic mass is 16.5.